The van der Waals surface area contributed by atoms with Crippen LogP contribution < -0.4 is 10.5 Å². The van der Waals surface area contributed by atoms with Gasteiger partial charge in [-0.15, -0.1) is 0 Å². The first-order valence-electron chi connectivity index (χ1n) is 10.6. The van der Waals surface area contributed by atoms with Crippen molar-refractivity contribution < 1.29 is 18.7 Å². The van der Waals surface area contributed by atoms with Gasteiger partial charge in [0, 0.05) is 23.7 Å². The highest BCUT2D eigenvalue weighted by atomic mass is 16.5. The number of carbonyl (C=O) groups excluding carboxylic acids is 1. The number of hydrogen-bond donors (Lipinski definition) is 1. The van der Waals surface area contributed by atoms with E-state index in [4.69, 9.17) is 19.6 Å². The van der Waals surface area contributed by atoms with Crippen LogP contribution in [0.1, 0.15) is 32.6 Å². The number of fused-ring (bicyclic) bond motifs is 2. The van der Waals surface area contributed by atoms with Crippen molar-refractivity contribution in [2.24, 2.45) is 0 Å². The van der Waals surface area contributed by atoms with Crippen LogP contribution in [0.2, 0.25) is 0 Å². The van der Waals surface area contributed by atoms with E-state index in [2.05, 4.69) is 4.98 Å². The number of nitrogens with zero attached hydrogens (tertiary/aromatic N) is 1. The van der Waals surface area contributed by atoms with Gasteiger partial charge in [0.25, 0.3) is 0 Å². The van der Waals surface area contributed by atoms with Crippen molar-refractivity contribution in [2.45, 2.75) is 32.6 Å². The van der Waals surface area contributed by atoms with Crippen LogP contribution in [0.5, 0.6) is 5.75 Å². The van der Waals surface area contributed by atoms with Gasteiger partial charge in [-0.3, -0.25) is 4.79 Å². The molecule has 3 aromatic carbocycles. The minimum Gasteiger partial charge on any atom is -0.494 e. The second kappa shape index (κ2) is 9.51. The predicted molar refractivity (Wildman–Crippen MR) is 122 cm³/mol. The summed E-state index contributed by atoms with van der Waals surface area (Å²) >= 11 is 0. The largest absolute Gasteiger partial charge is 0.494 e. The first-order chi connectivity index (χ1) is 15.1. The molecule has 6 heteroatoms. The Balaban J connectivity index is 1.41. The van der Waals surface area contributed by atoms with E-state index < -0.39 is 0 Å². The Hall–Kier alpha value is -3.54. The molecule has 0 aliphatic carbocycles. The molecule has 1 heterocycles. The normalized spacial score (nSPS) is 11.1. The summed E-state index contributed by atoms with van der Waals surface area (Å²) in [6, 6.07) is 17.5. The summed E-state index contributed by atoms with van der Waals surface area (Å²) in [7, 11) is 0. The van der Waals surface area contributed by atoms with E-state index in [0.717, 1.165) is 46.9 Å². The predicted octanol–water partition coefficient (Wildman–Crippen LogP) is 5.73. The van der Waals surface area contributed by atoms with Crippen LogP contribution in [0.15, 0.2) is 59.0 Å². The van der Waals surface area contributed by atoms with Gasteiger partial charge in [-0.2, -0.15) is 0 Å². The number of carbonyl (C=O) groups is 1. The van der Waals surface area contributed by atoms with Gasteiger partial charge in [0.1, 0.15) is 11.3 Å². The fourth-order valence-corrected chi connectivity index (χ4v) is 3.57. The summed E-state index contributed by atoms with van der Waals surface area (Å²) < 4.78 is 16.8. The zero-order valence-electron chi connectivity index (χ0n) is 17.6. The van der Waals surface area contributed by atoms with Crippen molar-refractivity contribution in [1.82, 2.24) is 4.98 Å². The lowest BCUT2D eigenvalue weighted by Gasteiger charge is -2.09. The molecule has 0 saturated heterocycles. The Morgan fingerprint density at radius 1 is 1.06 bits per heavy atom. The Kier molecular flexibility index (Phi) is 6.36. The van der Waals surface area contributed by atoms with Gasteiger partial charge < -0.3 is 19.6 Å². The van der Waals surface area contributed by atoms with Crippen LogP contribution in [0.4, 0.5) is 5.69 Å². The van der Waals surface area contributed by atoms with E-state index in [1.165, 1.54) is 0 Å². The monoisotopic (exact) mass is 418 g/mol. The molecule has 0 fully saturated rings. The number of nitrogens with two attached hydrogens (primary N) is 1. The summed E-state index contributed by atoms with van der Waals surface area (Å²) in [5.74, 6) is 1.26. The van der Waals surface area contributed by atoms with Crippen molar-refractivity contribution in [3.8, 4) is 17.2 Å². The fraction of sp³-hybridized carbons (Fsp3) is 0.280. The SMILES string of the molecule is CCOC(=O)CCCCCOc1ccc2c(-c3nc4ccc(N)cc4o3)cccc2c1. The van der Waals surface area contributed by atoms with E-state index in [0.29, 0.717) is 36.8 Å². The van der Waals surface area contributed by atoms with E-state index in [1.807, 2.05) is 55.5 Å². The molecular formula is C25H26N2O4. The second-order valence-electron chi connectivity index (χ2n) is 7.40. The van der Waals surface area contributed by atoms with Gasteiger partial charge in [0.2, 0.25) is 5.89 Å². The molecule has 0 atom stereocenters. The van der Waals surface area contributed by atoms with E-state index in [-0.39, 0.29) is 5.97 Å². The molecule has 31 heavy (non-hydrogen) atoms. The number of oxazole rings is 1. The topological polar surface area (TPSA) is 87.6 Å². The Morgan fingerprint density at radius 3 is 2.84 bits per heavy atom. The molecule has 4 rings (SSSR count). The van der Waals surface area contributed by atoms with Gasteiger partial charge in [-0.25, -0.2) is 4.98 Å². The average molecular weight is 418 g/mol. The van der Waals surface area contributed by atoms with Gasteiger partial charge in [0.05, 0.1) is 13.2 Å². The maximum Gasteiger partial charge on any atom is 0.305 e. The quantitative estimate of drug-likeness (QED) is 0.212. The summed E-state index contributed by atoms with van der Waals surface area (Å²) in [4.78, 5) is 16.0. The molecule has 0 saturated carbocycles. The molecule has 0 aliphatic rings. The van der Waals surface area contributed by atoms with Crippen molar-refractivity contribution >= 4 is 33.5 Å². The lowest BCUT2D eigenvalue weighted by molar-refractivity contribution is -0.143. The van der Waals surface area contributed by atoms with E-state index in [9.17, 15) is 4.79 Å². The molecule has 6 nitrogen and oxygen atoms in total. The third-order valence-corrected chi connectivity index (χ3v) is 5.09. The Bertz CT molecular complexity index is 1200. The average Bonchev–Trinajstić information content (AvgIpc) is 3.18. The number of unbranched alkanes of at least 4 members (excludes halogenated alkanes) is 2. The van der Waals surface area contributed by atoms with E-state index >= 15 is 0 Å². The highest BCUT2D eigenvalue weighted by Crippen LogP contribution is 2.32. The van der Waals surface area contributed by atoms with Crippen molar-refractivity contribution in [3.05, 3.63) is 54.6 Å². The number of esters is 1. The van der Waals surface area contributed by atoms with Crippen LogP contribution in [0, 0.1) is 0 Å². The maximum atomic E-state index is 11.3. The van der Waals surface area contributed by atoms with Crippen molar-refractivity contribution in [1.29, 1.82) is 0 Å². The first kappa shape index (κ1) is 20.7. The van der Waals surface area contributed by atoms with Gasteiger partial charge >= 0.3 is 5.97 Å². The smallest absolute Gasteiger partial charge is 0.305 e. The van der Waals surface area contributed by atoms with Gasteiger partial charge in [-0.1, -0.05) is 12.1 Å². The van der Waals surface area contributed by atoms with Crippen molar-refractivity contribution in [2.75, 3.05) is 18.9 Å². The molecule has 2 N–H and O–H groups in total. The van der Waals surface area contributed by atoms with Gasteiger partial charge in [0.15, 0.2) is 5.58 Å². The van der Waals surface area contributed by atoms with Crippen LogP contribution in [0.3, 0.4) is 0 Å². The minimum absolute atomic E-state index is 0.129. The summed E-state index contributed by atoms with van der Waals surface area (Å²) in [6.07, 6.45) is 3.11. The summed E-state index contributed by atoms with van der Waals surface area (Å²) in [6.45, 7) is 2.87. The molecular weight excluding hydrogens is 392 g/mol. The van der Waals surface area contributed by atoms with Crippen molar-refractivity contribution in [3.63, 3.8) is 0 Å². The van der Waals surface area contributed by atoms with Crippen LogP contribution in [-0.2, 0) is 9.53 Å². The number of nitrogen functional groups attached to an aromatic ring is 1. The first-order valence-corrected chi connectivity index (χ1v) is 10.6. The molecule has 0 radical (unpaired) electrons. The maximum absolute atomic E-state index is 11.3. The zero-order valence-corrected chi connectivity index (χ0v) is 17.6. The zero-order chi connectivity index (χ0) is 21.6. The number of ether oxygens (including phenoxy) is 2. The number of rotatable bonds is 9. The minimum atomic E-state index is -0.129. The van der Waals surface area contributed by atoms with Crippen LogP contribution in [-0.4, -0.2) is 24.2 Å². The lowest BCUT2D eigenvalue weighted by atomic mass is 10.0. The number of benzene rings is 3. The number of aromatic nitrogens is 1. The van der Waals surface area contributed by atoms with Crippen LogP contribution in [0.25, 0.3) is 33.3 Å². The highest BCUT2D eigenvalue weighted by Gasteiger charge is 2.12. The van der Waals surface area contributed by atoms with Crippen LogP contribution >= 0.6 is 0 Å². The molecule has 0 aliphatic heterocycles. The molecule has 1 aromatic heterocycles. The Labute approximate surface area is 181 Å². The van der Waals surface area contributed by atoms with E-state index in [1.54, 1.807) is 6.07 Å². The highest BCUT2D eigenvalue weighted by molar-refractivity contribution is 5.96. The van der Waals surface area contributed by atoms with Gasteiger partial charge in [-0.05, 0) is 73.4 Å². The summed E-state index contributed by atoms with van der Waals surface area (Å²) in [5.41, 5.74) is 8.88. The lowest BCUT2D eigenvalue weighted by Crippen LogP contribution is -2.04. The number of anilines is 1. The number of hydrogen-bond acceptors (Lipinski definition) is 6. The molecule has 0 amide bonds. The molecule has 0 spiro atoms. The summed E-state index contributed by atoms with van der Waals surface area (Å²) in [5, 5.41) is 2.10. The fourth-order valence-electron chi connectivity index (χ4n) is 3.57. The molecule has 0 unspecified atom stereocenters. The second-order valence-corrected chi connectivity index (χ2v) is 7.40. The Morgan fingerprint density at radius 2 is 1.97 bits per heavy atom. The molecule has 160 valence electrons. The molecule has 4 aromatic rings. The standard InChI is InChI=1S/C25H26N2O4/c1-2-29-24(28)9-4-3-5-14-30-19-11-12-20-17(15-19)7-6-8-21(20)25-27-22-13-10-18(26)16-23(22)31-25/h6-8,10-13,15-16H,2-5,9,14,26H2,1H3. The molecule has 0 bridgehead atoms. The third-order valence-electron chi connectivity index (χ3n) is 5.09. The third kappa shape index (κ3) is 4.97.